The first-order valence-corrected chi connectivity index (χ1v) is 7.03. The van der Waals surface area contributed by atoms with Gasteiger partial charge < -0.3 is 20.5 Å². The summed E-state index contributed by atoms with van der Waals surface area (Å²) in [5.74, 6) is 1.45. The van der Waals surface area contributed by atoms with Crippen molar-refractivity contribution < 1.29 is 9.84 Å². The SMILES string of the molecule is CCOc1nc(N2CCCC2CCCO)ccc1N. The van der Waals surface area contributed by atoms with Crippen LogP contribution in [0.2, 0.25) is 0 Å². The molecule has 1 fully saturated rings. The first kappa shape index (κ1) is 13.9. The number of aliphatic hydroxyl groups excluding tert-OH is 1. The maximum atomic E-state index is 8.96. The molecule has 5 heteroatoms. The number of ether oxygens (including phenoxy) is 1. The van der Waals surface area contributed by atoms with Crippen LogP contribution >= 0.6 is 0 Å². The van der Waals surface area contributed by atoms with Crippen LogP contribution in [0.25, 0.3) is 0 Å². The standard InChI is InChI=1S/C14H23N3O2/c1-2-19-14-12(15)7-8-13(16-14)17-9-3-5-11(17)6-4-10-18/h7-8,11,18H,2-6,9-10,15H2,1H3. The van der Waals surface area contributed by atoms with Crippen LogP contribution in [0.3, 0.4) is 0 Å². The van der Waals surface area contributed by atoms with Crippen LogP contribution in [0.4, 0.5) is 11.5 Å². The molecule has 0 aliphatic carbocycles. The molecule has 106 valence electrons. The molecule has 0 amide bonds. The Bertz CT molecular complexity index is 412. The van der Waals surface area contributed by atoms with E-state index in [4.69, 9.17) is 15.6 Å². The summed E-state index contributed by atoms with van der Waals surface area (Å²) in [7, 11) is 0. The van der Waals surface area contributed by atoms with E-state index < -0.39 is 0 Å². The van der Waals surface area contributed by atoms with Crippen molar-refractivity contribution in [3.05, 3.63) is 12.1 Å². The third-order valence-electron chi connectivity index (χ3n) is 3.52. The van der Waals surface area contributed by atoms with Gasteiger partial charge in [-0.25, -0.2) is 0 Å². The molecule has 0 saturated carbocycles. The van der Waals surface area contributed by atoms with Crippen molar-refractivity contribution in [1.29, 1.82) is 0 Å². The average molecular weight is 265 g/mol. The van der Waals surface area contributed by atoms with Crippen molar-refractivity contribution in [3.63, 3.8) is 0 Å². The van der Waals surface area contributed by atoms with E-state index in [-0.39, 0.29) is 6.61 Å². The van der Waals surface area contributed by atoms with Gasteiger partial charge in [-0.15, -0.1) is 0 Å². The Labute approximate surface area is 114 Å². The van der Waals surface area contributed by atoms with Gasteiger partial charge in [0.25, 0.3) is 0 Å². The molecule has 1 aliphatic rings. The number of aliphatic hydroxyl groups is 1. The summed E-state index contributed by atoms with van der Waals surface area (Å²) < 4.78 is 5.45. The van der Waals surface area contributed by atoms with E-state index in [0.717, 1.165) is 31.6 Å². The molecule has 0 spiro atoms. The van der Waals surface area contributed by atoms with E-state index in [0.29, 0.717) is 24.2 Å². The molecule has 1 atom stereocenters. The monoisotopic (exact) mass is 265 g/mol. The molecule has 1 unspecified atom stereocenters. The Morgan fingerprint density at radius 2 is 2.37 bits per heavy atom. The molecule has 1 aliphatic heterocycles. The third-order valence-corrected chi connectivity index (χ3v) is 3.52. The van der Waals surface area contributed by atoms with Crippen molar-refractivity contribution in [3.8, 4) is 5.88 Å². The van der Waals surface area contributed by atoms with Gasteiger partial charge in [-0.2, -0.15) is 4.98 Å². The predicted molar refractivity (Wildman–Crippen MR) is 76.5 cm³/mol. The Balaban J connectivity index is 2.13. The van der Waals surface area contributed by atoms with Crippen molar-refractivity contribution >= 4 is 11.5 Å². The summed E-state index contributed by atoms with van der Waals surface area (Å²) in [6, 6.07) is 4.28. The highest BCUT2D eigenvalue weighted by Crippen LogP contribution is 2.30. The van der Waals surface area contributed by atoms with E-state index >= 15 is 0 Å². The van der Waals surface area contributed by atoms with Crippen LogP contribution < -0.4 is 15.4 Å². The average Bonchev–Trinajstić information content (AvgIpc) is 2.87. The van der Waals surface area contributed by atoms with E-state index in [9.17, 15) is 0 Å². The molecule has 0 bridgehead atoms. The molecule has 5 nitrogen and oxygen atoms in total. The lowest BCUT2D eigenvalue weighted by Gasteiger charge is -2.26. The quantitative estimate of drug-likeness (QED) is 0.820. The smallest absolute Gasteiger partial charge is 0.239 e. The maximum absolute atomic E-state index is 8.96. The Morgan fingerprint density at radius 1 is 1.53 bits per heavy atom. The summed E-state index contributed by atoms with van der Waals surface area (Å²) >= 11 is 0. The molecular weight excluding hydrogens is 242 g/mol. The lowest BCUT2D eigenvalue weighted by molar-refractivity contribution is 0.279. The lowest BCUT2D eigenvalue weighted by Crippen LogP contribution is -2.30. The number of pyridine rings is 1. The van der Waals surface area contributed by atoms with Crippen LogP contribution in [0.1, 0.15) is 32.6 Å². The van der Waals surface area contributed by atoms with Crippen molar-refractivity contribution in [2.45, 2.75) is 38.6 Å². The Hall–Kier alpha value is -1.49. The second kappa shape index (κ2) is 6.61. The van der Waals surface area contributed by atoms with Gasteiger partial charge in [0.15, 0.2) is 0 Å². The molecule has 1 aromatic rings. The van der Waals surface area contributed by atoms with Crippen LogP contribution in [0.15, 0.2) is 12.1 Å². The molecule has 19 heavy (non-hydrogen) atoms. The van der Waals surface area contributed by atoms with Gasteiger partial charge >= 0.3 is 0 Å². The molecular formula is C14H23N3O2. The van der Waals surface area contributed by atoms with Crippen LogP contribution in [-0.4, -0.2) is 35.9 Å². The molecule has 1 aromatic heterocycles. The minimum atomic E-state index is 0.254. The highest BCUT2D eigenvalue weighted by atomic mass is 16.5. The Kier molecular flexibility index (Phi) is 4.85. The predicted octanol–water partition coefficient (Wildman–Crippen LogP) is 1.80. The minimum absolute atomic E-state index is 0.254. The molecule has 0 aromatic carbocycles. The summed E-state index contributed by atoms with van der Waals surface area (Å²) in [4.78, 5) is 6.82. The number of nitrogens with two attached hydrogens (primary N) is 1. The number of nitrogen functional groups attached to an aromatic ring is 1. The normalized spacial score (nSPS) is 18.8. The zero-order valence-corrected chi connectivity index (χ0v) is 11.5. The van der Waals surface area contributed by atoms with Crippen LogP contribution in [0, 0.1) is 0 Å². The molecule has 3 N–H and O–H groups in total. The maximum Gasteiger partial charge on any atom is 0.239 e. The summed E-state index contributed by atoms with van der Waals surface area (Å²) in [6.07, 6.45) is 4.18. The topological polar surface area (TPSA) is 71.6 Å². The van der Waals surface area contributed by atoms with E-state index in [1.807, 2.05) is 19.1 Å². The van der Waals surface area contributed by atoms with Crippen molar-refractivity contribution in [1.82, 2.24) is 4.98 Å². The van der Waals surface area contributed by atoms with E-state index in [1.54, 1.807) is 0 Å². The number of nitrogens with zero attached hydrogens (tertiary/aromatic N) is 2. The second-order valence-electron chi connectivity index (χ2n) is 4.85. The summed E-state index contributed by atoms with van der Waals surface area (Å²) in [5, 5.41) is 8.96. The van der Waals surface area contributed by atoms with Gasteiger partial charge in [0.05, 0.1) is 12.3 Å². The van der Waals surface area contributed by atoms with Gasteiger partial charge in [0.1, 0.15) is 5.82 Å². The largest absolute Gasteiger partial charge is 0.476 e. The zero-order valence-electron chi connectivity index (χ0n) is 11.5. The van der Waals surface area contributed by atoms with Crippen LogP contribution in [-0.2, 0) is 0 Å². The molecule has 1 saturated heterocycles. The fourth-order valence-corrected chi connectivity index (χ4v) is 2.62. The summed E-state index contributed by atoms with van der Waals surface area (Å²) in [6.45, 7) is 3.75. The summed E-state index contributed by atoms with van der Waals surface area (Å²) in [5.41, 5.74) is 6.43. The Morgan fingerprint density at radius 3 is 3.11 bits per heavy atom. The number of hydrogen-bond acceptors (Lipinski definition) is 5. The van der Waals surface area contributed by atoms with Gasteiger partial charge in [-0.1, -0.05) is 0 Å². The number of aromatic nitrogens is 1. The fraction of sp³-hybridized carbons (Fsp3) is 0.643. The molecule has 2 heterocycles. The number of anilines is 2. The fourth-order valence-electron chi connectivity index (χ4n) is 2.62. The first-order valence-electron chi connectivity index (χ1n) is 7.03. The van der Waals surface area contributed by atoms with Gasteiger partial charge in [0.2, 0.25) is 5.88 Å². The minimum Gasteiger partial charge on any atom is -0.476 e. The van der Waals surface area contributed by atoms with Crippen molar-refractivity contribution in [2.75, 3.05) is 30.4 Å². The van der Waals surface area contributed by atoms with E-state index in [2.05, 4.69) is 9.88 Å². The van der Waals surface area contributed by atoms with Gasteiger partial charge in [0, 0.05) is 19.2 Å². The highest BCUT2D eigenvalue weighted by Gasteiger charge is 2.25. The van der Waals surface area contributed by atoms with Crippen molar-refractivity contribution in [2.24, 2.45) is 0 Å². The van der Waals surface area contributed by atoms with Gasteiger partial charge in [-0.05, 0) is 44.7 Å². The first-order chi connectivity index (χ1) is 9.26. The van der Waals surface area contributed by atoms with Gasteiger partial charge in [-0.3, -0.25) is 0 Å². The lowest BCUT2D eigenvalue weighted by atomic mass is 10.1. The molecule has 0 radical (unpaired) electrons. The second-order valence-corrected chi connectivity index (χ2v) is 4.85. The zero-order chi connectivity index (χ0) is 13.7. The number of rotatable bonds is 6. The molecule has 2 rings (SSSR count). The third kappa shape index (κ3) is 3.29. The van der Waals surface area contributed by atoms with Crippen LogP contribution in [0.5, 0.6) is 5.88 Å². The number of hydrogen-bond donors (Lipinski definition) is 2. The van der Waals surface area contributed by atoms with E-state index in [1.165, 1.54) is 6.42 Å². The highest BCUT2D eigenvalue weighted by molar-refractivity contribution is 5.55.